The monoisotopic (exact) mass is 400 g/mol. The Labute approximate surface area is 168 Å². The van der Waals surface area contributed by atoms with Crippen molar-refractivity contribution in [2.45, 2.75) is 50.1 Å². The van der Waals surface area contributed by atoms with E-state index >= 15 is 0 Å². The third kappa shape index (κ3) is 4.28. The molecule has 1 saturated carbocycles. The predicted molar refractivity (Wildman–Crippen MR) is 112 cm³/mol. The zero-order valence-corrected chi connectivity index (χ0v) is 16.7. The second-order valence-electron chi connectivity index (χ2n) is 7.79. The molecule has 146 valence electrons. The van der Waals surface area contributed by atoms with Crippen molar-refractivity contribution in [3.63, 3.8) is 0 Å². The maximum Gasteiger partial charge on any atom is 0.250 e. The molecule has 1 aliphatic carbocycles. The molecule has 2 aliphatic heterocycles. The molecule has 0 atom stereocenters. The van der Waals surface area contributed by atoms with Gasteiger partial charge in [0.05, 0.1) is 11.4 Å². The first-order valence-corrected chi connectivity index (χ1v) is 9.31. The molecule has 1 saturated heterocycles. The van der Waals surface area contributed by atoms with Crippen LogP contribution >= 0.6 is 24.8 Å². The molecule has 0 unspecified atom stereocenters. The molecular weight excluding hydrogens is 371 g/mol. The lowest BCUT2D eigenvalue weighted by atomic mass is 9.82. The van der Waals surface area contributed by atoms with E-state index in [0.29, 0.717) is 6.04 Å². The average Bonchev–Trinajstić information content (AvgIpc) is 2.60. The van der Waals surface area contributed by atoms with Gasteiger partial charge in [-0.25, -0.2) is 0 Å². The number of carbonyl (C=O) groups is 1. The van der Waals surface area contributed by atoms with Gasteiger partial charge in [-0.2, -0.15) is 0 Å². The molecule has 3 aliphatic rings. The number of nitrogens with two attached hydrogens (primary N) is 1. The largest absolute Gasteiger partial charge is 0.369 e. The second kappa shape index (κ2) is 8.79. The van der Waals surface area contributed by atoms with Gasteiger partial charge in [0.25, 0.3) is 0 Å². The second-order valence-corrected chi connectivity index (χ2v) is 7.79. The van der Waals surface area contributed by atoms with Crippen LogP contribution in [0.2, 0.25) is 0 Å². The summed E-state index contributed by atoms with van der Waals surface area (Å²) in [5.74, 6) is 0.914. The number of rotatable bonds is 2. The van der Waals surface area contributed by atoms with Gasteiger partial charge < -0.3 is 21.3 Å². The highest BCUT2D eigenvalue weighted by Gasteiger charge is 2.44. The molecule has 7 heteroatoms. The van der Waals surface area contributed by atoms with Gasteiger partial charge >= 0.3 is 0 Å². The lowest BCUT2D eigenvalue weighted by molar-refractivity contribution is -0.122. The van der Waals surface area contributed by atoms with Crippen molar-refractivity contribution in [1.82, 2.24) is 4.90 Å². The van der Waals surface area contributed by atoms with E-state index in [9.17, 15) is 4.79 Å². The van der Waals surface area contributed by atoms with Gasteiger partial charge in [-0.3, -0.25) is 4.79 Å². The van der Waals surface area contributed by atoms with Gasteiger partial charge in [0.2, 0.25) is 5.91 Å². The molecule has 2 heterocycles. The molecular formula is C19H30Cl2N4O. The molecule has 2 fully saturated rings. The molecule has 1 amide bonds. The predicted octanol–water partition coefficient (Wildman–Crippen LogP) is 3.25. The van der Waals surface area contributed by atoms with Crippen LogP contribution in [0.3, 0.4) is 0 Å². The number of piperidine rings is 1. The number of nitrogens with zero attached hydrogens (tertiary/aromatic N) is 1. The molecule has 4 N–H and O–H groups in total. The summed E-state index contributed by atoms with van der Waals surface area (Å²) in [6.45, 7) is 3.15. The fourth-order valence-electron chi connectivity index (χ4n) is 4.46. The Morgan fingerprint density at radius 1 is 1.04 bits per heavy atom. The summed E-state index contributed by atoms with van der Waals surface area (Å²) >= 11 is 0. The van der Waals surface area contributed by atoms with Crippen molar-refractivity contribution in [2.24, 2.45) is 11.7 Å². The molecule has 1 spiro atoms. The molecule has 26 heavy (non-hydrogen) atoms. The van der Waals surface area contributed by atoms with E-state index in [0.717, 1.165) is 43.2 Å². The first kappa shape index (κ1) is 21.3. The van der Waals surface area contributed by atoms with Gasteiger partial charge in [0.1, 0.15) is 5.54 Å². The van der Waals surface area contributed by atoms with Gasteiger partial charge in [-0.05, 0) is 56.6 Å². The van der Waals surface area contributed by atoms with Crippen LogP contribution in [0.5, 0.6) is 0 Å². The smallest absolute Gasteiger partial charge is 0.250 e. The first-order chi connectivity index (χ1) is 11.6. The Balaban J connectivity index is 0.00000121. The number of hydrogen-bond donors (Lipinski definition) is 3. The summed E-state index contributed by atoms with van der Waals surface area (Å²) in [4.78, 5) is 15.2. The van der Waals surface area contributed by atoms with Crippen molar-refractivity contribution in [3.05, 3.63) is 24.3 Å². The zero-order chi connectivity index (χ0) is 16.6. The van der Waals surface area contributed by atoms with Crippen LogP contribution in [0.4, 0.5) is 11.4 Å². The van der Waals surface area contributed by atoms with E-state index in [2.05, 4.69) is 15.5 Å². The summed E-state index contributed by atoms with van der Waals surface area (Å²) in [5, 5.41) is 6.62. The van der Waals surface area contributed by atoms with Gasteiger partial charge in [0.15, 0.2) is 0 Å². The van der Waals surface area contributed by atoms with Crippen LogP contribution in [0.1, 0.15) is 38.5 Å². The Morgan fingerprint density at radius 3 is 2.31 bits per heavy atom. The molecule has 1 aromatic rings. The number of fused-ring (bicyclic) bond motifs is 1. The molecule has 1 aromatic carbocycles. The Bertz CT molecular complexity index is 611. The van der Waals surface area contributed by atoms with Crippen molar-refractivity contribution in [2.75, 3.05) is 30.3 Å². The van der Waals surface area contributed by atoms with Gasteiger partial charge in [-0.1, -0.05) is 12.1 Å². The van der Waals surface area contributed by atoms with Crippen LogP contribution in [0.25, 0.3) is 0 Å². The van der Waals surface area contributed by atoms with Gasteiger partial charge in [0, 0.05) is 25.7 Å². The lowest BCUT2D eigenvalue weighted by Gasteiger charge is -2.45. The number of halogens is 2. The number of hydrogen-bond acceptors (Lipinski definition) is 4. The van der Waals surface area contributed by atoms with E-state index < -0.39 is 5.54 Å². The fraction of sp³-hybridized carbons (Fsp3) is 0.632. The summed E-state index contributed by atoms with van der Waals surface area (Å²) in [6.07, 6.45) is 6.61. The van der Waals surface area contributed by atoms with E-state index in [1.165, 1.54) is 32.2 Å². The van der Waals surface area contributed by atoms with Crippen molar-refractivity contribution < 1.29 is 4.79 Å². The minimum atomic E-state index is -0.431. The third-order valence-corrected chi connectivity index (χ3v) is 6.10. The molecule has 4 rings (SSSR count). The SMILES string of the molecule is Cl.Cl.NC1CCC(CN2CCC3(CC2)Nc2ccccc2NC3=O)CC1. The van der Waals surface area contributed by atoms with Crippen LogP contribution in [0.15, 0.2) is 24.3 Å². The number of nitrogens with one attached hydrogen (secondary N) is 2. The maximum absolute atomic E-state index is 12.7. The zero-order valence-electron chi connectivity index (χ0n) is 15.1. The van der Waals surface area contributed by atoms with Gasteiger partial charge in [-0.15, -0.1) is 24.8 Å². The van der Waals surface area contributed by atoms with E-state index in [-0.39, 0.29) is 30.7 Å². The number of anilines is 2. The quantitative estimate of drug-likeness (QED) is 0.712. The molecule has 5 nitrogen and oxygen atoms in total. The summed E-state index contributed by atoms with van der Waals surface area (Å²) < 4.78 is 0. The molecule has 0 aromatic heterocycles. The van der Waals surface area contributed by atoms with Crippen LogP contribution < -0.4 is 16.4 Å². The van der Waals surface area contributed by atoms with Crippen LogP contribution in [0, 0.1) is 5.92 Å². The van der Waals surface area contributed by atoms with Crippen LogP contribution in [-0.4, -0.2) is 42.0 Å². The minimum Gasteiger partial charge on any atom is -0.369 e. The Kier molecular flexibility index (Phi) is 7.19. The number of benzene rings is 1. The third-order valence-electron chi connectivity index (χ3n) is 6.10. The maximum atomic E-state index is 12.7. The number of amides is 1. The van der Waals surface area contributed by atoms with Crippen molar-refractivity contribution in [1.29, 1.82) is 0 Å². The Morgan fingerprint density at radius 2 is 1.65 bits per heavy atom. The highest BCUT2D eigenvalue weighted by molar-refractivity contribution is 6.06. The molecule has 0 radical (unpaired) electrons. The topological polar surface area (TPSA) is 70.4 Å². The Hall–Kier alpha value is -1.01. The first-order valence-electron chi connectivity index (χ1n) is 9.31. The number of likely N-dealkylation sites (tertiary alicyclic amines) is 1. The summed E-state index contributed by atoms with van der Waals surface area (Å²) in [7, 11) is 0. The van der Waals surface area contributed by atoms with Crippen molar-refractivity contribution in [3.8, 4) is 0 Å². The van der Waals surface area contributed by atoms with E-state index in [1.807, 2.05) is 24.3 Å². The minimum absolute atomic E-state index is 0. The van der Waals surface area contributed by atoms with Crippen molar-refractivity contribution >= 4 is 42.1 Å². The summed E-state index contributed by atoms with van der Waals surface area (Å²) in [5.41, 5.74) is 7.53. The highest BCUT2D eigenvalue weighted by atomic mass is 35.5. The highest BCUT2D eigenvalue weighted by Crippen LogP contribution is 2.36. The van der Waals surface area contributed by atoms with E-state index in [1.54, 1.807) is 0 Å². The lowest BCUT2D eigenvalue weighted by Crippen LogP contribution is -2.58. The standard InChI is InChI=1S/C19H28N4O.2ClH/c20-15-7-5-14(6-8-15)13-23-11-9-19(10-12-23)18(24)21-16-3-1-2-4-17(16)22-19;;/h1-4,14-15,22H,5-13,20H2,(H,21,24);2*1H. The van der Waals surface area contributed by atoms with Crippen LogP contribution in [-0.2, 0) is 4.79 Å². The molecule has 0 bridgehead atoms. The summed E-state index contributed by atoms with van der Waals surface area (Å²) in [6, 6.07) is 8.39. The van der Waals surface area contributed by atoms with E-state index in [4.69, 9.17) is 5.73 Å². The number of carbonyl (C=O) groups excluding carboxylic acids is 1. The number of para-hydroxylation sites is 2. The fourth-order valence-corrected chi connectivity index (χ4v) is 4.46. The normalized spacial score (nSPS) is 27.3. The average molecular weight is 401 g/mol.